The largest absolute Gasteiger partial charge is 0.312 e. The van der Waals surface area contributed by atoms with Gasteiger partial charge in [-0.15, -0.1) is 0 Å². The summed E-state index contributed by atoms with van der Waals surface area (Å²) < 4.78 is 0. The van der Waals surface area contributed by atoms with E-state index in [1.54, 1.807) is 6.92 Å². The first-order valence-electron chi connectivity index (χ1n) is 5.23. The summed E-state index contributed by atoms with van der Waals surface area (Å²) in [6.45, 7) is 8.74. The molecule has 0 unspecified atom stereocenters. The van der Waals surface area contributed by atoms with Crippen molar-refractivity contribution in [3.05, 3.63) is 30.3 Å². The number of rotatable bonds is 2. The third-order valence-electron chi connectivity index (χ3n) is 2.08. The van der Waals surface area contributed by atoms with E-state index in [2.05, 4.69) is 20.8 Å². The number of anilines is 1. The van der Waals surface area contributed by atoms with Crippen LogP contribution in [0.15, 0.2) is 30.3 Å². The molecule has 0 saturated carbocycles. The van der Waals surface area contributed by atoms with Crippen LogP contribution < -0.4 is 4.90 Å². The van der Waals surface area contributed by atoms with Crippen LogP contribution in [0.1, 0.15) is 27.7 Å². The van der Waals surface area contributed by atoms with Crippen molar-refractivity contribution in [3.8, 4) is 0 Å². The molecule has 0 atom stereocenters. The summed E-state index contributed by atoms with van der Waals surface area (Å²) in [5.74, 6) is 0.0936. The second-order valence-electron chi connectivity index (χ2n) is 5.00. The number of para-hydroxylation sites is 1. The quantitative estimate of drug-likeness (QED) is 0.726. The topological polar surface area (TPSA) is 20.3 Å². The Kier molecular flexibility index (Phi) is 3.51. The van der Waals surface area contributed by atoms with Crippen molar-refractivity contribution in [1.29, 1.82) is 0 Å². The van der Waals surface area contributed by atoms with Crippen LogP contribution in [-0.2, 0) is 4.79 Å². The minimum absolute atomic E-state index is 0.0936. The van der Waals surface area contributed by atoms with Crippen molar-refractivity contribution >= 4 is 11.6 Å². The predicted octanol–water partition coefficient (Wildman–Crippen LogP) is 3.09. The van der Waals surface area contributed by atoms with E-state index in [9.17, 15) is 4.79 Å². The fraction of sp³-hybridized carbons (Fsp3) is 0.462. The minimum Gasteiger partial charge on any atom is -0.312 e. The molecule has 0 aliphatic carbocycles. The molecular formula is C13H19NO. The van der Waals surface area contributed by atoms with Gasteiger partial charge in [0.15, 0.2) is 0 Å². The van der Waals surface area contributed by atoms with Crippen LogP contribution in [0.5, 0.6) is 0 Å². The number of nitrogens with zero attached hydrogens (tertiary/aromatic N) is 1. The van der Waals surface area contributed by atoms with E-state index in [0.717, 1.165) is 12.2 Å². The highest BCUT2D eigenvalue weighted by Gasteiger charge is 2.19. The fourth-order valence-electron chi connectivity index (χ4n) is 1.47. The van der Waals surface area contributed by atoms with Gasteiger partial charge in [0.05, 0.1) is 0 Å². The van der Waals surface area contributed by atoms with E-state index in [0.29, 0.717) is 0 Å². The third kappa shape index (κ3) is 3.74. The zero-order valence-corrected chi connectivity index (χ0v) is 9.95. The van der Waals surface area contributed by atoms with Crippen LogP contribution in [0, 0.1) is 5.41 Å². The lowest BCUT2D eigenvalue weighted by atomic mass is 9.95. The maximum absolute atomic E-state index is 11.5. The van der Waals surface area contributed by atoms with Crippen molar-refractivity contribution < 1.29 is 4.79 Å². The fourth-order valence-corrected chi connectivity index (χ4v) is 1.47. The van der Waals surface area contributed by atoms with Crippen molar-refractivity contribution in [3.63, 3.8) is 0 Å². The van der Waals surface area contributed by atoms with Gasteiger partial charge in [-0.3, -0.25) is 4.79 Å². The Bertz CT molecular complexity index is 324. The first-order chi connectivity index (χ1) is 6.90. The standard InChI is InChI=1S/C13H19NO/c1-11(15)14(10-13(2,3)4)12-8-6-5-7-9-12/h5-9H,10H2,1-4H3. The molecule has 1 aromatic rings. The second kappa shape index (κ2) is 4.47. The molecule has 2 nitrogen and oxygen atoms in total. The lowest BCUT2D eigenvalue weighted by molar-refractivity contribution is -0.116. The number of hydrogen-bond donors (Lipinski definition) is 0. The van der Waals surface area contributed by atoms with Gasteiger partial charge in [-0.2, -0.15) is 0 Å². The maximum Gasteiger partial charge on any atom is 0.223 e. The summed E-state index contributed by atoms with van der Waals surface area (Å²) in [6.07, 6.45) is 0. The maximum atomic E-state index is 11.5. The second-order valence-corrected chi connectivity index (χ2v) is 5.00. The summed E-state index contributed by atoms with van der Waals surface area (Å²) in [6, 6.07) is 9.79. The van der Waals surface area contributed by atoms with Crippen LogP contribution in [-0.4, -0.2) is 12.5 Å². The summed E-state index contributed by atoms with van der Waals surface area (Å²) in [4.78, 5) is 13.4. The smallest absolute Gasteiger partial charge is 0.223 e. The van der Waals surface area contributed by atoms with Crippen molar-refractivity contribution in [2.24, 2.45) is 5.41 Å². The Labute approximate surface area is 91.9 Å². The lowest BCUT2D eigenvalue weighted by Crippen LogP contribution is -2.36. The predicted molar refractivity (Wildman–Crippen MR) is 63.9 cm³/mol. The Morgan fingerprint density at radius 2 is 1.73 bits per heavy atom. The van der Waals surface area contributed by atoms with Crippen molar-refractivity contribution in [2.45, 2.75) is 27.7 Å². The molecule has 0 aromatic heterocycles. The Morgan fingerprint density at radius 3 is 2.13 bits per heavy atom. The van der Waals surface area contributed by atoms with Crippen LogP contribution in [0.25, 0.3) is 0 Å². The van der Waals surface area contributed by atoms with Crippen LogP contribution in [0.2, 0.25) is 0 Å². The van der Waals surface area contributed by atoms with Gasteiger partial charge in [0.25, 0.3) is 0 Å². The Hall–Kier alpha value is -1.31. The SMILES string of the molecule is CC(=O)N(CC(C)(C)C)c1ccccc1. The minimum atomic E-state index is 0.0936. The first kappa shape index (κ1) is 11.8. The van der Waals surface area contributed by atoms with Gasteiger partial charge in [0.1, 0.15) is 0 Å². The molecular weight excluding hydrogens is 186 g/mol. The van der Waals surface area contributed by atoms with E-state index < -0.39 is 0 Å². The highest BCUT2D eigenvalue weighted by atomic mass is 16.2. The van der Waals surface area contributed by atoms with Gasteiger partial charge in [0.2, 0.25) is 5.91 Å². The average molecular weight is 205 g/mol. The average Bonchev–Trinajstić information content (AvgIpc) is 2.14. The number of carbonyl (C=O) groups is 1. The van der Waals surface area contributed by atoms with Gasteiger partial charge in [-0.05, 0) is 17.5 Å². The highest BCUT2D eigenvalue weighted by molar-refractivity contribution is 5.91. The number of hydrogen-bond acceptors (Lipinski definition) is 1. The molecule has 1 amide bonds. The summed E-state index contributed by atoms with van der Waals surface area (Å²) in [7, 11) is 0. The molecule has 1 aromatic carbocycles. The van der Waals surface area contributed by atoms with E-state index in [1.165, 1.54) is 0 Å². The van der Waals surface area contributed by atoms with Crippen LogP contribution in [0.4, 0.5) is 5.69 Å². The highest BCUT2D eigenvalue weighted by Crippen LogP contribution is 2.21. The molecule has 0 aliphatic rings. The van der Waals surface area contributed by atoms with E-state index in [-0.39, 0.29) is 11.3 Å². The van der Waals surface area contributed by atoms with Crippen molar-refractivity contribution in [2.75, 3.05) is 11.4 Å². The van der Waals surface area contributed by atoms with E-state index in [4.69, 9.17) is 0 Å². The molecule has 1 rings (SSSR count). The molecule has 0 heterocycles. The normalized spacial score (nSPS) is 11.2. The molecule has 0 aliphatic heterocycles. The first-order valence-corrected chi connectivity index (χ1v) is 5.23. The Balaban J connectivity index is 2.90. The molecule has 0 radical (unpaired) electrons. The van der Waals surface area contributed by atoms with Gasteiger partial charge in [0, 0.05) is 19.2 Å². The molecule has 0 bridgehead atoms. The van der Waals surface area contributed by atoms with Crippen molar-refractivity contribution in [1.82, 2.24) is 0 Å². The van der Waals surface area contributed by atoms with E-state index >= 15 is 0 Å². The number of carbonyl (C=O) groups excluding carboxylic acids is 1. The molecule has 15 heavy (non-hydrogen) atoms. The summed E-state index contributed by atoms with van der Waals surface area (Å²) in [5.41, 5.74) is 1.08. The van der Waals surface area contributed by atoms with Gasteiger partial charge >= 0.3 is 0 Å². The lowest BCUT2D eigenvalue weighted by Gasteiger charge is -2.29. The number of benzene rings is 1. The third-order valence-corrected chi connectivity index (χ3v) is 2.08. The van der Waals surface area contributed by atoms with Gasteiger partial charge in [-0.25, -0.2) is 0 Å². The van der Waals surface area contributed by atoms with Gasteiger partial charge in [-0.1, -0.05) is 39.0 Å². The van der Waals surface area contributed by atoms with Crippen LogP contribution >= 0.6 is 0 Å². The molecule has 2 heteroatoms. The summed E-state index contributed by atoms with van der Waals surface area (Å²) in [5, 5.41) is 0. The molecule has 0 saturated heterocycles. The zero-order valence-electron chi connectivity index (χ0n) is 9.95. The molecule has 0 spiro atoms. The molecule has 0 fully saturated rings. The monoisotopic (exact) mass is 205 g/mol. The zero-order chi connectivity index (χ0) is 11.5. The van der Waals surface area contributed by atoms with E-state index in [1.807, 2.05) is 35.2 Å². The molecule has 0 N–H and O–H groups in total. The number of amides is 1. The van der Waals surface area contributed by atoms with Crippen LogP contribution in [0.3, 0.4) is 0 Å². The Morgan fingerprint density at radius 1 is 1.20 bits per heavy atom. The summed E-state index contributed by atoms with van der Waals surface area (Å²) >= 11 is 0. The van der Waals surface area contributed by atoms with Gasteiger partial charge < -0.3 is 4.90 Å². The molecule has 82 valence electrons.